The summed E-state index contributed by atoms with van der Waals surface area (Å²) in [6, 6.07) is 1.52. The fourth-order valence-corrected chi connectivity index (χ4v) is 1.59. The third kappa shape index (κ3) is 2.07. The standard InChI is InChI=1S/C10H15BO5/c1-6-7(11(12)13)5-8(14-2)10(16-4)9(6)15-3/h5,12-13H,1-4H3. The van der Waals surface area contributed by atoms with Crippen LogP contribution in [0.2, 0.25) is 0 Å². The van der Waals surface area contributed by atoms with Gasteiger partial charge in [-0.05, 0) is 24.0 Å². The quantitative estimate of drug-likeness (QED) is 0.690. The highest BCUT2D eigenvalue weighted by Crippen LogP contribution is 2.38. The van der Waals surface area contributed by atoms with Gasteiger partial charge in [0.25, 0.3) is 0 Å². The van der Waals surface area contributed by atoms with Gasteiger partial charge in [0.15, 0.2) is 11.5 Å². The Morgan fingerprint density at radius 1 is 1.00 bits per heavy atom. The van der Waals surface area contributed by atoms with E-state index >= 15 is 0 Å². The highest BCUT2D eigenvalue weighted by Gasteiger charge is 2.23. The summed E-state index contributed by atoms with van der Waals surface area (Å²) in [6.45, 7) is 1.72. The smallest absolute Gasteiger partial charge is 0.488 e. The number of hydrogen-bond acceptors (Lipinski definition) is 5. The van der Waals surface area contributed by atoms with Gasteiger partial charge in [-0.3, -0.25) is 0 Å². The van der Waals surface area contributed by atoms with E-state index in [1.165, 1.54) is 27.4 Å². The Balaban J connectivity index is 3.48. The van der Waals surface area contributed by atoms with E-state index in [9.17, 15) is 10.0 Å². The van der Waals surface area contributed by atoms with Crippen molar-refractivity contribution in [3.8, 4) is 17.2 Å². The van der Waals surface area contributed by atoms with E-state index in [-0.39, 0.29) is 0 Å². The molecular formula is C10H15BO5. The minimum Gasteiger partial charge on any atom is -0.493 e. The lowest BCUT2D eigenvalue weighted by Gasteiger charge is -2.17. The van der Waals surface area contributed by atoms with Crippen molar-refractivity contribution in [3.05, 3.63) is 11.6 Å². The average molecular weight is 226 g/mol. The summed E-state index contributed by atoms with van der Waals surface area (Å²) in [6.07, 6.45) is 0. The molecule has 0 aliphatic carbocycles. The first kappa shape index (κ1) is 12.7. The van der Waals surface area contributed by atoms with E-state index in [4.69, 9.17) is 14.2 Å². The molecule has 6 heteroatoms. The molecule has 5 nitrogen and oxygen atoms in total. The van der Waals surface area contributed by atoms with Crippen LogP contribution >= 0.6 is 0 Å². The second-order valence-electron chi connectivity index (χ2n) is 3.23. The highest BCUT2D eigenvalue weighted by molar-refractivity contribution is 6.59. The molecule has 0 unspecified atom stereocenters. The van der Waals surface area contributed by atoms with E-state index in [0.717, 1.165) is 0 Å². The second kappa shape index (κ2) is 5.09. The van der Waals surface area contributed by atoms with Crippen LogP contribution in [0.5, 0.6) is 17.2 Å². The summed E-state index contributed by atoms with van der Waals surface area (Å²) in [5.74, 6) is 1.27. The Hall–Kier alpha value is -1.40. The molecule has 0 radical (unpaired) electrons. The summed E-state index contributed by atoms with van der Waals surface area (Å²) < 4.78 is 15.4. The van der Waals surface area contributed by atoms with Crippen LogP contribution in [0, 0.1) is 6.92 Å². The largest absolute Gasteiger partial charge is 0.493 e. The van der Waals surface area contributed by atoms with Crippen LogP contribution < -0.4 is 19.7 Å². The summed E-state index contributed by atoms with van der Waals surface area (Å²) in [5, 5.41) is 18.4. The molecular weight excluding hydrogens is 211 g/mol. The molecule has 0 bridgehead atoms. The van der Waals surface area contributed by atoms with Crippen LogP contribution in [0.3, 0.4) is 0 Å². The van der Waals surface area contributed by atoms with Crippen LogP contribution in [0.1, 0.15) is 5.56 Å². The van der Waals surface area contributed by atoms with Gasteiger partial charge in [0.2, 0.25) is 5.75 Å². The minimum absolute atomic E-state index is 0.328. The van der Waals surface area contributed by atoms with Crippen LogP contribution in [0.25, 0.3) is 0 Å². The number of hydrogen-bond donors (Lipinski definition) is 2. The topological polar surface area (TPSA) is 68.2 Å². The van der Waals surface area contributed by atoms with E-state index in [1.54, 1.807) is 6.92 Å². The first-order valence-electron chi connectivity index (χ1n) is 4.72. The first-order valence-corrected chi connectivity index (χ1v) is 4.72. The van der Waals surface area contributed by atoms with E-state index in [2.05, 4.69) is 0 Å². The molecule has 1 aromatic carbocycles. The zero-order chi connectivity index (χ0) is 12.3. The second-order valence-corrected chi connectivity index (χ2v) is 3.23. The summed E-state index contributed by atoms with van der Waals surface area (Å²) in [7, 11) is 2.88. The van der Waals surface area contributed by atoms with E-state index in [0.29, 0.717) is 28.3 Å². The van der Waals surface area contributed by atoms with Gasteiger partial charge in [0, 0.05) is 0 Å². The van der Waals surface area contributed by atoms with Gasteiger partial charge in [-0.25, -0.2) is 0 Å². The number of ether oxygens (including phenoxy) is 3. The molecule has 0 atom stereocenters. The highest BCUT2D eigenvalue weighted by atomic mass is 16.5. The zero-order valence-electron chi connectivity index (χ0n) is 9.77. The minimum atomic E-state index is -1.58. The predicted octanol–water partition coefficient (Wildman–Crippen LogP) is -0.299. The average Bonchev–Trinajstić information content (AvgIpc) is 2.27. The Morgan fingerprint density at radius 3 is 1.94 bits per heavy atom. The predicted molar refractivity (Wildman–Crippen MR) is 60.7 cm³/mol. The number of benzene rings is 1. The maximum absolute atomic E-state index is 9.21. The van der Waals surface area contributed by atoms with E-state index in [1.807, 2.05) is 0 Å². The van der Waals surface area contributed by atoms with Crippen LogP contribution in [0.4, 0.5) is 0 Å². The molecule has 0 amide bonds. The first-order chi connectivity index (χ1) is 7.56. The maximum Gasteiger partial charge on any atom is 0.488 e. The van der Waals surface area contributed by atoms with Gasteiger partial charge in [-0.15, -0.1) is 0 Å². The van der Waals surface area contributed by atoms with Crippen molar-refractivity contribution in [2.24, 2.45) is 0 Å². The molecule has 0 aromatic heterocycles. The molecule has 0 heterocycles. The fourth-order valence-electron chi connectivity index (χ4n) is 1.59. The molecule has 0 spiro atoms. The molecule has 0 saturated heterocycles. The SMILES string of the molecule is COc1cc(B(O)O)c(C)c(OC)c1OC. The van der Waals surface area contributed by atoms with Crippen LogP contribution in [-0.4, -0.2) is 38.5 Å². The number of rotatable bonds is 4. The third-order valence-corrected chi connectivity index (χ3v) is 2.40. The Morgan fingerprint density at radius 2 is 1.56 bits per heavy atom. The zero-order valence-corrected chi connectivity index (χ0v) is 9.77. The number of methoxy groups -OCH3 is 3. The molecule has 16 heavy (non-hydrogen) atoms. The maximum atomic E-state index is 9.21. The van der Waals surface area contributed by atoms with Crippen LogP contribution in [0.15, 0.2) is 6.07 Å². The van der Waals surface area contributed by atoms with Crippen molar-refractivity contribution in [1.82, 2.24) is 0 Å². The third-order valence-electron chi connectivity index (χ3n) is 2.40. The molecule has 2 N–H and O–H groups in total. The van der Waals surface area contributed by atoms with Crippen molar-refractivity contribution in [3.63, 3.8) is 0 Å². The lowest BCUT2D eigenvalue weighted by molar-refractivity contribution is 0.323. The normalized spacial score (nSPS) is 9.88. The lowest BCUT2D eigenvalue weighted by Crippen LogP contribution is -2.32. The van der Waals surface area contributed by atoms with Gasteiger partial charge in [-0.2, -0.15) is 0 Å². The Kier molecular flexibility index (Phi) is 4.03. The van der Waals surface area contributed by atoms with Gasteiger partial charge in [-0.1, -0.05) is 0 Å². The van der Waals surface area contributed by atoms with Gasteiger partial charge >= 0.3 is 7.12 Å². The fraction of sp³-hybridized carbons (Fsp3) is 0.400. The lowest BCUT2D eigenvalue weighted by atomic mass is 9.77. The molecule has 1 rings (SSSR count). The van der Waals surface area contributed by atoms with Gasteiger partial charge in [0.1, 0.15) is 0 Å². The van der Waals surface area contributed by atoms with Gasteiger partial charge < -0.3 is 24.3 Å². The van der Waals surface area contributed by atoms with Gasteiger partial charge in [0.05, 0.1) is 21.3 Å². The van der Waals surface area contributed by atoms with Crippen LogP contribution in [-0.2, 0) is 0 Å². The molecule has 0 aliphatic rings. The summed E-state index contributed by atoms with van der Waals surface area (Å²) in [5.41, 5.74) is 0.935. The summed E-state index contributed by atoms with van der Waals surface area (Å²) in [4.78, 5) is 0. The van der Waals surface area contributed by atoms with Crippen molar-refractivity contribution >= 4 is 12.6 Å². The molecule has 0 saturated carbocycles. The Bertz CT molecular complexity index is 378. The summed E-state index contributed by atoms with van der Waals surface area (Å²) >= 11 is 0. The molecule has 88 valence electrons. The van der Waals surface area contributed by atoms with E-state index < -0.39 is 7.12 Å². The van der Waals surface area contributed by atoms with Crippen molar-refractivity contribution in [1.29, 1.82) is 0 Å². The molecule has 0 aliphatic heterocycles. The molecule has 1 aromatic rings. The Labute approximate surface area is 94.7 Å². The van der Waals surface area contributed by atoms with Crippen molar-refractivity contribution in [2.45, 2.75) is 6.92 Å². The monoisotopic (exact) mass is 226 g/mol. The molecule has 0 fully saturated rings. The van der Waals surface area contributed by atoms with Crippen molar-refractivity contribution < 1.29 is 24.3 Å². The van der Waals surface area contributed by atoms with Crippen molar-refractivity contribution in [2.75, 3.05) is 21.3 Å².